The van der Waals surface area contributed by atoms with Crippen molar-refractivity contribution in [3.05, 3.63) is 0 Å². The Bertz CT molecular complexity index is 128. The van der Waals surface area contributed by atoms with E-state index in [1.54, 1.807) is 0 Å². The summed E-state index contributed by atoms with van der Waals surface area (Å²) in [5, 5.41) is 0. The maximum Gasteiger partial charge on any atom is -0.0355 e. The van der Waals surface area contributed by atoms with Gasteiger partial charge in [-0.25, -0.2) is 0 Å². The Morgan fingerprint density at radius 1 is 0.769 bits per heavy atom. The highest BCUT2D eigenvalue weighted by Gasteiger charge is 2.44. The second-order valence-electron chi connectivity index (χ2n) is 4.82. The average molecular weight is 182 g/mol. The van der Waals surface area contributed by atoms with Crippen LogP contribution < -0.4 is 0 Å². The van der Waals surface area contributed by atoms with E-state index in [1.807, 2.05) is 0 Å². The molecule has 3 unspecified atom stereocenters. The number of rotatable bonds is 7. The standard InChI is InChI=1S/C13H26/c1-4-6-7-8-10-13-11(3)12(13)9-5-2/h11-13H,4-10H2,1-3H3. The fraction of sp³-hybridized carbons (Fsp3) is 1.00. The molecule has 0 radical (unpaired) electrons. The Morgan fingerprint density at radius 2 is 1.46 bits per heavy atom. The lowest BCUT2D eigenvalue weighted by Gasteiger charge is -1.98. The molecule has 0 aromatic heterocycles. The Kier molecular flexibility index (Phi) is 4.83. The molecule has 0 aromatic rings. The van der Waals surface area contributed by atoms with Crippen LogP contribution in [0.5, 0.6) is 0 Å². The minimum atomic E-state index is 1.06. The van der Waals surface area contributed by atoms with Crippen LogP contribution in [-0.2, 0) is 0 Å². The largest absolute Gasteiger partial charge is 0.0654 e. The fourth-order valence-corrected chi connectivity index (χ4v) is 2.73. The zero-order valence-electron chi connectivity index (χ0n) is 9.68. The van der Waals surface area contributed by atoms with Gasteiger partial charge in [0.25, 0.3) is 0 Å². The van der Waals surface area contributed by atoms with Gasteiger partial charge in [-0.1, -0.05) is 59.3 Å². The third-order valence-corrected chi connectivity index (χ3v) is 3.77. The normalized spacial score (nSPS) is 32.1. The summed E-state index contributed by atoms with van der Waals surface area (Å²) in [6.45, 7) is 7.06. The first kappa shape index (κ1) is 11.1. The zero-order chi connectivity index (χ0) is 9.68. The lowest BCUT2D eigenvalue weighted by molar-refractivity contribution is 0.548. The van der Waals surface area contributed by atoms with Gasteiger partial charge in [0.2, 0.25) is 0 Å². The quantitative estimate of drug-likeness (QED) is 0.503. The molecule has 0 amide bonds. The van der Waals surface area contributed by atoms with Gasteiger partial charge in [-0.3, -0.25) is 0 Å². The predicted octanol–water partition coefficient (Wildman–Crippen LogP) is 4.64. The van der Waals surface area contributed by atoms with E-state index >= 15 is 0 Å². The topological polar surface area (TPSA) is 0 Å². The third-order valence-electron chi connectivity index (χ3n) is 3.77. The van der Waals surface area contributed by atoms with E-state index in [2.05, 4.69) is 20.8 Å². The van der Waals surface area contributed by atoms with Crippen LogP contribution in [0.3, 0.4) is 0 Å². The second-order valence-corrected chi connectivity index (χ2v) is 4.82. The minimum Gasteiger partial charge on any atom is -0.0654 e. The SMILES string of the molecule is CCCCCCC1C(C)C1CCC. The molecule has 1 aliphatic carbocycles. The highest BCUT2D eigenvalue weighted by molar-refractivity contribution is 4.93. The van der Waals surface area contributed by atoms with Gasteiger partial charge in [0.05, 0.1) is 0 Å². The maximum atomic E-state index is 2.45. The highest BCUT2D eigenvalue weighted by Crippen LogP contribution is 2.51. The van der Waals surface area contributed by atoms with Crippen LogP contribution in [0.2, 0.25) is 0 Å². The monoisotopic (exact) mass is 182 g/mol. The summed E-state index contributed by atoms with van der Waals surface area (Å²) in [5.41, 5.74) is 0. The van der Waals surface area contributed by atoms with Crippen molar-refractivity contribution >= 4 is 0 Å². The van der Waals surface area contributed by atoms with Crippen LogP contribution >= 0.6 is 0 Å². The first-order chi connectivity index (χ1) is 6.31. The van der Waals surface area contributed by atoms with Gasteiger partial charge in [-0.15, -0.1) is 0 Å². The van der Waals surface area contributed by atoms with Crippen molar-refractivity contribution in [3.63, 3.8) is 0 Å². The molecule has 1 rings (SSSR count). The minimum absolute atomic E-state index is 1.06. The highest BCUT2D eigenvalue weighted by atomic mass is 14.5. The zero-order valence-corrected chi connectivity index (χ0v) is 9.68. The molecule has 1 saturated carbocycles. The van der Waals surface area contributed by atoms with Crippen molar-refractivity contribution in [2.24, 2.45) is 17.8 Å². The number of hydrogen-bond acceptors (Lipinski definition) is 0. The molecule has 1 aliphatic rings. The summed E-state index contributed by atoms with van der Waals surface area (Å²) >= 11 is 0. The van der Waals surface area contributed by atoms with Crippen molar-refractivity contribution in [3.8, 4) is 0 Å². The van der Waals surface area contributed by atoms with E-state index in [0.29, 0.717) is 0 Å². The van der Waals surface area contributed by atoms with Gasteiger partial charge in [0, 0.05) is 0 Å². The molecule has 13 heavy (non-hydrogen) atoms. The molecule has 1 fully saturated rings. The molecular formula is C13H26. The number of hydrogen-bond donors (Lipinski definition) is 0. The van der Waals surface area contributed by atoms with Crippen molar-refractivity contribution in [1.82, 2.24) is 0 Å². The van der Waals surface area contributed by atoms with Crippen molar-refractivity contribution in [2.45, 2.75) is 65.7 Å². The summed E-state index contributed by atoms with van der Waals surface area (Å²) < 4.78 is 0. The van der Waals surface area contributed by atoms with E-state index in [1.165, 1.54) is 44.9 Å². The smallest absolute Gasteiger partial charge is 0.0355 e. The van der Waals surface area contributed by atoms with E-state index in [0.717, 1.165) is 17.8 Å². The Labute approximate surface area is 84.1 Å². The fourth-order valence-electron chi connectivity index (χ4n) is 2.73. The van der Waals surface area contributed by atoms with E-state index < -0.39 is 0 Å². The van der Waals surface area contributed by atoms with Gasteiger partial charge in [0.1, 0.15) is 0 Å². The molecular weight excluding hydrogens is 156 g/mol. The molecule has 0 aromatic carbocycles. The van der Waals surface area contributed by atoms with Gasteiger partial charge in [-0.2, -0.15) is 0 Å². The van der Waals surface area contributed by atoms with E-state index in [4.69, 9.17) is 0 Å². The average Bonchev–Trinajstić information content (AvgIpc) is 2.72. The molecule has 0 aliphatic heterocycles. The molecule has 0 N–H and O–H groups in total. The molecule has 3 atom stereocenters. The van der Waals surface area contributed by atoms with Crippen LogP contribution in [0.25, 0.3) is 0 Å². The van der Waals surface area contributed by atoms with Crippen LogP contribution in [0.15, 0.2) is 0 Å². The molecule has 78 valence electrons. The van der Waals surface area contributed by atoms with Crippen LogP contribution in [-0.4, -0.2) is 0 Å². The molecule has 0 saturated heterocycles. The van der Waals surface area contributed by atoms with Gasteiger partial charge >= 0.3 is 0 Å². The van der Waals surface area contributed by atoms with E-state index in [9.17, 15) is 0 Å². The molecule has 0 nitrogen and oxygen atoms in total. The number of unbranched alkanes of at least 4 members (excludes halogenated alkanes) is 3. The Balaban J connectivity index is 1.98. The van der Waals surface area contributed by atoms with Gasteiger partial charge in [-0.05, 0) is 24.2 Å². The second kappa shape index (κ2) is 5.67. The molecule has 0 bridgehead atoms. The van der Waals surface area contributed by atoms with Crippen molar-refractivity contribution in [1.29, 1.82) is 0 Å². The van der Waals surface area contributed by atoms with Crippen LogP contribution in [0, 0.1) is 17.8 Å². The Hall–Kier alpha value is 0. The molecule has 0 heterocycles. The maximum absolute atomic E-state index is 2.45. The first-order valence-corrected chi connectivity index (χ1v) is 6.31. The van der Waals surface area contributed by atoms with Crippen LogP contribution in [0.1, 0.15) is 65.7 Å². The van der Waals surface area contributed by atoms with Crippen molar-refractivity contribution in [2.75, 3.05) is 0 Å². The summed E-state index contributed by atoms with van der Waals surface area (Å²) in [6, 6.07) is 0. The molecule has 0 spiro atoms. The third kappa shape index (κ3) is 3.32. The Morgan fingerprint density at radius 3 is 2.08 bits per heavy atom. The summed E-state index contributed by atoms with van der Waals surface area (Å²) in [5.74, 6) is 3.27. The molecule has 0 heteroatoms. The summed E-state index contributed by atoms with van der Waals surface area (Å²) in [7, 11) is 0. The summed E-state index contributed by atoms with van der Waals surface area (Å²) in [6.07, 6.45) is 10.2. The van der Waals surface area contributed by atoms with E-state index in [-0.39, 0.29) is 0 Å². The van der Waals surface area contributed by atoms with Gasteiger partial charge in [0.15, 0.2) is 0 Å². The lowest BCUT2D eigenvalue weighted by Crippen LogP contribution is -1.84. The van der Waals surface area contributed by atoms with Crippen molar-refractivity contribution < 1.29 is 0 Å². The van der Waals surface area contributed by atoms with Gasteiger partial charge < -0.3 is 0 Å². The summed E-state index contributed by atoms with van der Waals surface area (Å²) in [4.78, 5) is 0. The first-order valence-electron chi connectivity index (χ1n) is 6.31. The predicted molar refractivity (Wildman–Crippen MR) is 59.8 cm³/mol. The van der Waals surface area contributed by atoms with Crippen LogP contribution in [0.4, 0.5) is 0 Å². The lowest BCUT2D eigenvalue weighted by atomic mass is 10.1.